The van der Waals surface area contributed by atoms with Gasteiger partial charge >= 0.3 is 11.7 Å². The van der Waals surface area contributed by atoms with Crippen molar-refractivity contribution in [2.75, 3.05) is 5.32 Å². The van der Waals surface area contributed by atoms with Crippen LogP contribution >= 0.6 is 0 Å². The molecule has 4 aromatic rings. The summed E-state index contributed by atoms with van der Waals surface area (Å²) in [6, 6.07) is 12.9. The lowest BCUT2D eigenvalue weighted by Gasteiger charge is -2.08. The van der Waals surface area contributed by atoms with Gasteiger partial charge in [-0.25, -0.2) is 22.9 Å². The maximum atomic E-state index is 14.5. The highest BCUT2D eigenvalue weighted by Crippen LogP contribution is 2.27. The van der Waals surface area contributed by atoms with Gasteiger partial charge in [0.05, 0.1) is 6.42 Å². The summed E-state index contributed by atoms with van der Waals surface area (Å²) in [5, 5.41) is 3.16. The van der Waals surface area contributed by atoms with Crippen LogP contribution in [0.2, 0.25) is 0 Å². The summed E-state index contributed by atoms with van der Waals surface area (Å²) >= 11 is 0. The van der Waals surface area contributed by atoms with E-state index in [9.17, 15) is 18.0 Å². The molecule has 33 heavy (non-hydrogen) atoms. The first-order valence-corrected chi connectivity index (χ1v) is 10.4. The number of nitrogens with zero attached hydrogens (tertiary/aromatic N) is 2. The van der Waals surface area contributed by atoms with Gasteiger partial charge in [0.2, 0.25) is 6.04 Å². The molecule has 0 fully saturated rings. The first-order chi connectivity index (χ1) is 15.9. The minimum atomic E-state index is -1.07. The molecule has 2 aromatic heterocycles. The maximum absolute atomic E-state index is 14.5. The SMILES string of the molecule is Cc1ccc(CC2Nc3c(Cc4ccccc4F)nc(-c4cccc(F)c4F)c[n+]3C2=O)o1. The van der Waals surface area contributed by atoms with E-state index in [0.717, 1.165) is 11.8 Å². The van der Waals surface area contributed by atoms with Crippen molar-refractivity contribution in [3.05, 3.63) is 101 Å². The van der Waals surface area contributed by atoms with E-state index in [1.807, 2.05) is 13.0 Å². The van der Waals surface area contributed by atoms with Crippen molar-refractivity contribution in [3.63, 3.8) is 0 Å². The molecule has 1 aliphatic rings. The summed E-state index contributed by atoms with van der Waals surface area (Å²) in [5.74, 6) is -1.06. The van der Waals surface area contributed by atoms with Crippen molar-refractivity contribution in [3.8, 4) is 11.3 Å². The molecule has 5 nitrogen and oxygen atoms in total. The van der Waals surface area contributed by atoms with Crippen molar-refractivity contribution in [1.82, 2.24) is 4.98 Å². The number of rotatable bonds is 5. The molecule has 1 atom stereocenters. The van der Waals surface area contributed by atoms with Crippen LogP contribution in [0.3, 0.4) is 0 Å². The van der Waals surface area contributed by atoms with Crippen LogP contribution in [-0.4, -0.2) is 16.9 Å². The number of hydrogen-bond acceptors (Lipinski definition) is 4. The highest BCUT2D eigenvalue weighted by atomic mass is 19.2. The van der Waals surface area contributed by atoms with Crippen molar-refractivity contribution >= 4 is 11.7 Å². The number of halogens is 3. The Hall–Kier alpha value is -3.94. The molecule has 166 valence electrons. The van der Waals surface area contributed by atoms with E-state index in [1.165, 1.54) is 29.0 Å². The molecule has 3 heterocycles. The second-order valence-electron chi connectivity index (χ2n) is 7.91. The van der Waals surface area contributed by atoms with Gasteiger partial charge in [0.25, 0.3) is 0 Å². The lowest BCUT2D eigenvalue weighted by Crippen LogP contribution is -2.44. The lowest BCUT2D eigenvalue weighted by atomic mass is 10.1. The Morgan fingerprint density at radius 3 is 2.58 bits per heavy atom. The topological polar surface area (TPSA) is 59.0 Å². The predicted octanol–water partition coefficient (Wildman–Crippen LogP) is 4.62. The Morgan fingerprint density at radius 2 is 1.82 bits per heavy atom. The Balaban J connectivity index is 1.60. The fourth-order valence-corrected chi connectivity index (χ4v) is 3.99. The largest absolute Gasteiger partial charge is 0.466 e. The molecular formula is C25H19F3N3O2+. The zero-order chi connectivity index (χ0) is 23.1. The summed E-state index contributed by atoms with van der Waals surface area (Å²) in [4.78, 5) is 17.7. The Kier molecular flexibility index (Phi) is 5.20. The van der Waals surface area contributed by atoms with Crippen LogP contribution in [0.25, 0.3) is 11.3 Å². The fraction of sp³-hybridized carbons (Fsp3) is 0.160. The number of nitrogens with one attached hydrogen (secondary N) is 1. The van der Waals surface area contributed by atoms with E-state index >= 15 is 0 Å². The molecule has 0 bridgehead atoms. The molecule has 0 saturated carbocycles. The van der Waals surface area contributed by atoms with E-state index < -0.39 is 23.5 Å². The molecule has 1 N–H and O–H groups in total. The highest BCUT2D eigenvalue weighted by Gasteiger charge is 2.42. The monoisotopic (exact) mass is 450 g/mol. The third-order valence-corrected chi connectivity index (χ3v) is 5.61. The van der Waals surface area contributed by atoms with E-state index in [1.54, 1.807) is 24.3 Å². The summed E-state index contributed by atoms with van der Waals surface area (Å²) in [7, 11) is 0. The highest BCUT2D eigenvalue weighted by molar-refractivity contribution is 5.82. The number of anilines is 1. The number of aryl methyl sites for hydroxylation is 1. The zero-order valence-electron chi connectivity index (χ0n) is 17.6. The molecule has 0 amide bonds. The van der Waals surface area contributed by atoms with Crippen molar-refractivity contribution in [2.45, 2.75) is 25.8 Å². The minimum Gasteiger partial charge on any atom is -0.466 e. The number of aromatic nitrogens is 2. The summed E-state index contributed by atoms with van der Waals surface area (Å²) in [5.41, 5.74) is 0.696. The number of fused-ring (bicyclic) bond motifs is 1. The van der Waals surface area contributed by atoms with E-state index in [0.29, 0.717) is 22.8 Å². The molecule has 0 radical (unpaired) electrons. The van der Waals surface area contributed by atoms with Gasteiger partial charge in [-0.15, -0.1) is 0 Å². The standard InChI is InChI=1S/C25H18F3N3O2/c1-14-9-10-16(33-14)12-21-25(32)31-13-22(17-6-4-8-19(27)23(17)28)29-20(24(31)30-21)11-15-5-2-3-7-18(15)26/h2-10,13,21H,11-12H2,1H3/p+1. The molecule has 2 aromatic carbocycles. The summed E-state index contributed by atoms with van der Waals surface area (Å²) in [6.45, 7) is 1.81. The van der Waals surface area contributed by atoms with Gasteiger partial charge in [0, 0.05) is 12.0 Å². The molecule has 0 aliphatic carbocycles. The molecule has 0 saturated heterocycles. The maximum Gasteiger partial charge on any atom is 0.359 e. The predicted molar refractivity (Wildman–Crippen MR) is 114 cm³/mol. The van der Waals surface area contributed by atoms with Crippen LogP contribution in [-0.2, 0) is 12.8 Å². The second kappa shape index (κ2) is 8.20. The Morgan fingerprint density at radius 1 is 1.03 bits per heavy atom. The van der Waals surface area contributed by atoms with E-state index in [4.69, 9.17) is 4.42 Å². The quantitative estimate of drug-likeness (QED) is 0.451. The molecule has 5 rings (SSSR count). The molecule has 1 unspecified atom stereocenters. The van der Waals surface area contributed by atoms with Gasteiger partial charge in [-0.2, -0.15) is 4.57 Å². The average Bonchev–Trinajstić information content (AvgIpc) is 3.35. The molecule has 0 spiro atoms. The summed E-state index contributed by atoms with van der Waals surface area (Å²) in [6.07, 6.45) is 1.72. The van der Waals surface area contributed by atoms with Gasteiger partial charge in [-0.1, -0.05) is 24.3 Å². The lowest BCUT2D eigenvalue weighted by molar-refractivity contribution is -0.552. The van der Waals surface area contributed by atoms with E-state index in [2.05, 4.69) is 10.3 Å². The van der Waals surface area contributed by atoms with Gasteiger partial charge in [0.1, 0.15) is 34.9 Å². The van der Waals surface area contributed by atoms with Crippen molar-refractivity contribution in [2.24, 2.45) is 0 Å². The van der Waals surface area contributed by atoms with Crippen molar-refractivity contribution < 1.29 is 27.0 Å². The first-order valence-electron chi connectivity index (χ1n) is 10.4. The van der Waals surface area contributed by atoms with Crippen LogP contribution in [0.5, 0.6) is 0 Å². The first kappa shape index (κ1) is 20.9. The van der Waals surface area contributed by atoms with Gasteiger partial charge < -0.3 is 4.42 Å². The number of hydrogen-bond donors (Lipinski definition) is 1. The Bertz CT molecular complexity index is 1380. The number of benzene rings is 2. The molecule has 1 aliphatic heterocycles. The van der Waals surface area contributed by atoms with Crippen molar-refractivity contribution in [1.29, 1.82) is 0 Å². The van der Waals surface area contributed by atoms with Crippen LogP contribution in [0.1, 0.15) is 27.6 Å². The van der Waals surface area contributed by atoms with Crippen LogP contribution < -0.4 is 9.88 Å². The summed E-state index contributed by atoms with van der Waals surface area (Å²) < 4.78 is 49.7. The smallest absolute Gasteiger partial charge is 0.359 e. The van der Waals surface area contributed by atoms with Gasteiger partial charge in [-0.3, -0.25) is 5.32 Å². The van der Waals surface area contributed by atoms with Crippen LogP contribution in [0, 0.1) is 24.4 Å². The fourth-order valence-electron chi connectivity index (χ4n) is 3.99. The van der Waals surface area contributed by atoms with Gasteiger partial charge in [0.15, 0.2) is 11.6 Å². The Labute approximate surface area is 187 Å². The number of carbonyl (C=O) groups excluding carboxylic acids is 1. The normalized spacial score (nSPS) is 14.9. The third kappa shape index (κ3) is 3.88. The number of carbonyl (C=O) groups is 1. The minimum absolute atomic E-state index is 0.0552. The van der Waals surface area contributed by atoms with E-state index in [-0.39, 0.29) is 30.0 Å². The zero-order valence-corrected chi connectivity index (χ0v) is 17.6. The average molecular weight is 450 g/mol. The van der Waals surface area contributed by atoms with Crippen LogP contribution in [0.15, 0.2) is 65.2 Å². The molecule has 8 heteroatoms. The number of furan rings is 1. The van der Waals surface area contributed by atoms with Crippen LogP contribution in [0.4, 0.5) is 19.0 Å². The third-order valence-electron chi connectivity index (χ3n) is 5.61. The van der Waals surface area contributed by atoms with Gasteiger partial charge in [-0.05, 0) is 42.8 Å². The molecular weight excluding hydrogens is 431 g/mol. The second-order valence-corrected chi connectivity index (χ2v) is 7.91.